The summed E-state index contributed by atoms with van der Waals surface area (Å²) in [5.74, 6) is -2.26. The van der Waals surface area contributed by atoms with E-state index >= 15 is 0 Å². The minimum Gasteiger partial charge on any atom is -0.452 e. The van der Waals surface area contributed by atoms with E-state index in [0.717, 1.165) is 6.42 Å². The smallest absolute Gasteiger partial charge is 0.351 e. The highest BCUT2D eigenvalue weighted by Gasteiger charge is 2.80. The predicted molar refractivity (Wildman–Crippen MR) is 147 cm³/mol. The second kappa shape index (κ2) is 7.54. The first kappa shape index (κ1) is 27.8. The summed E-state index contributed by atoms with van der Waals surface area (Å²) < 4.78 is 24.8. The van der Waals surface area contributed by atoms with Gasteiger partial charge in [0.2, 0.25) is 5.60 Å². The fraction of sp³-hybridized carbons (Fsp3) is 0.788. The lowest BCUT2D eigenvalue weighted by Gasteiger charge is -2.53. The second-order valence-electron chi connectivity index (χ2n) is 16.0. The number of ketones is 1. The third-order valence-corrected chi connectivity index (χ3v) is 13.3. The van der Waals surface area contributed by atoms with E-state index in [2.05, 4.69) is 13.8 Å². The number of fused-ring (bicyclic) bond motifs is 7. The Morgan fingerprint density at radius 2 is 1.76 bits per heavy atom. The Hall–Kier alpha value is -2.03. The second-order valence-corrected chi connectivity index (χ2v) is 16.0. The summed E-state index contributed by atoms with van der Waals surface area (Å²) in [4.78, 5) is 42.1. The molecule has 8 heteroatoms. The predicted octanol–water partition coefficient (Wildman–Crippen LogP) is 4.29. The molecule has 4 unspecified atom stereocenters. The van der Waals surface area contributed by atoms with Gasteiger partial charge in [-0.15, -0.1) is 0 Å². The molecule has 2 aliphatic heterocycles. The van der Waals surface area contributed by atoms with Crippen LogP contribution in [0.1, 0.15) is 81.6 Å². The molecule has 4 bridgehead atoms. The van der Waals surface area contributed by atoms with Gasteiger partial charge in [-0.1, -0.05) is 46.8 Å². The molecule has 7 rings (SSSR count). The standard InChI is InChI=1S/C33H44O8/c1-16-14-31-17(2)12-20-21(27(20,3)4)19(22(31)34)13-18-15-38-29(7,8)40-24(18)33(31,37)23(16)39-26(36)32-11-10-30(9,25(35)41-32)28(32,5)6/h13-14,17,19-21,23-24,37H,10-12,15H2,1-9H3/t17-,19+,20-,21+,23+,24?,30?,31?,32?,33-/m1/s1. The number of ether oxygens (including phenoxy) is 4. The van der Waals surface area contributed by atoms with E-state index in [1.807, 2.05) is 46.8 Å². The van der Waals surface area contributed by atoms with Crippen LogP contribution < -0.4 is 0 Å². The van der Waals surface area contributed by atoms with Gasteiger partial charge in [0.25, 0.3) is 0 Å². The maximum Gasteiger partial charge on any atom is 0.351 e. The minimum atomic E-state index is -1.91. The lowest BCUT2D eigenvalue weighted by atomic mass is 9.58. The number of carbonyl (C=O) groups excluding carboxylic acids is 3. The number of carbonyl (C=O) groups is 3. The number of rotatable bonds is 2. The van der Waals surface area contributed by atoms with Gasteiger partial charge in [0.05, 0.1) is 17.4 Å². The van der Waals surface area contributed by atoms with Gasteiger partial charge in [-0.05, 0) is 81.3 Å². The van der Waals surface area contributed by atoms with E-state index in [1.165, 1.54) is 0 Å². The van der Waals surface area contributed by atoms with Gasteiger partial charge in [-0.3, -0.25) is 9.59 Å². The Labute approximate surface area is 242 Å². The van der Waals surface area contributed by atoms with Crippen molar-refractivity contribution in [3.05, 3.63) is 23.3 Å². The van der Waals surface area contributed by atoms with E-state index in [9.17, 15) is 19.5 Å². The summed E-state index contributed by atoms with van der Waals surface area (Å²) >= 11 is 0. The van der Waals surface area contributed by atoms with E-state index in [1.54, 1.807) is 13.8 Å². The van der Waals surface area contributed by atoms with Gasteiger partial charge >= 0.3 is 11.9 Å². The van der Waals surface area contributed by atoms with Crippen LogP contribution in [0.15, 0.2) is 23.3 Å². The van der Waals surface area contributed by atoms with Crippen molar-refractivity contribution in [3.8, 4) is 0 Å². The fourth-order valence-electron chi connectivity index (χ4n) is 10.2. The maximum absolute atomic E-state index is 14.9. The molecule has 0 aromatic carbocycles. The van der Waals surface area contributed by atoms with Crippen molar-refractivity contribution >= 4 is 17.7 Å². The number of allylic oxidation sites excluding steroid dienone is 1. The van der Waals surface area contributed by atoms with Crippen LogP contribution in [0.25, 0.3) is 0 Å². The van der Waals surface area contributed by atoms with Crippen LogP contribution in [0.4, 0.5) is 0 Å². The number of esters is 2. The van der Waals surface area contributed by atoms with Crippen molar-refractivity contribution in [2.45, 2.75) is 111 Å². The highest BCUT2D eigenvalue weighted by molar-refractivity contribution is 5.96. The molecule has 0 aromatic rings. The summed E-state index contributed by atoms with van der Waals surface area (Å²) in [5, 5.41) is 13.3. The summed E-state index contributed by atoms with van der Waals surface area (Å²) in [6.07, 6.45) is 3.42. The van der Waals surface area contributed by atoms with Crippen molar-refractivity contribution in [3.63, 3.8) is 0 Å². The first-order chi connectivity index (χ1) is 18.8. The van der Waals surface area contributed by atoms with Gasteiger partial charge in [0.1, 0.15) is 6.10 Å². The number of Topliss-reactive ketones (excluding diaryl/α,β-unsaturated/α-hetero) is 1. The minimum absolute atomic E-state index is 0.0102. The van der Waals surface area contributed by atoms with Gasteiger partial charge in [0.15, 0.2) is 23.3 Å². The van der Waals surface area contributed by atoms with E-state index in [-0.39, 0.29) is 29.6 Å². The number of hydrogen-bond acceptors (Lipinski definition) is 8. The third-order valence-electron chi connectivity index (χ3n) is 13.3. The molecule has 224 valence electrons. The van der Waals surface area contributed by atoms with Crippen LogP contribution >= 0.6 is 0 Å². The number of aliphatic hydroxyl groups is 1. The Bertz CT molecular complexity index is 1350. The molecule has 0 radical (unpaired) electrons. The lowest BCUT2D eigenvalue weighted by Crippen LogP contribution is -2.68. The van der Waals surface area contributed by atoms with Crippen molar-refractivity contribution in [1.82, 2.24) is 0 Å². The van der Waals surface area contributed by atoms with E-state index in [4.69, 9.17) is 18.9 Å². The van der Waals surface area contributed by atoms with Crippen LogP contribution in [0, 0.1) is 45.3 Å². The molecule has 3 saturated carbocycles. The molecule has 0 aromatic heterocycles. The van der Waals surface area contributed by atoms with Crippen LogP contribution in [-0.4, -0.2) is 58.6 Å². The molecule has 5 fully saturated rings. The molecule has 5 aliphatic carbocycles. The van der Waals surface area contributed by atoms with Crippen molar-refractivity contribution in [1.29, 1.82) is 0 Å². The zero-order valence-corrected chi connectivity index (χ0v) is 25.8. The zero-order valence-electron chi connectivity index (χ0n) is 25.8. The van der Waals surface area contributed by atoms with Crippen molar-refractivity contribution in [2.75, 3.05) is 6.61 Å². The Kier molecular flexibility index (Phi) is 5.11. The summed E-state index contributed by atoms with van der Waals surface area (Å²) in [5.41, 5.74) is -4.96. The lowest BCUT2D eigenvalue weighted by molar-refractivity contribution is -0.305. The van der Waals surface area contributed by atoms with Gasteiger partial charge in [-0.25, -0.2) is 4.79 Å². The third kappa shape index (κ3) is 2.86. The van der Waals surface area contributed by atoms with Crippen LogP contribution in [0.3, 0.4) is 0 Å². The average Bonchev–Trinajstić information content (AvgIpc) is 3.21. The molecule has 2 heterocycles. The van der Waals surface area contributed by atoms with Crippen LogP contribution in [0.5, 0.6) is 0 Å². The van der Waals surface area contributed by atoms with Crippen LogP contribution in [-0.2, 0) is 33.3 Å². The first-order valence-corrected chi connectivity index (χ1v) is 15.2. The highest BCUT2D eigenvalue weighted by atomic mass is 16.7. The molecular formula is C33H44O8. The Morgan fingerprint density at radius 1 is 1.07 bits per heavy atom. The molecule has 7 aliphatic rings. The normalized spacial score (nSPS) is 51.3. The molecule has 1 N–H and O–H groups in total. The van der Waals surface area contributed by atoms with Crippen molar-refractivity contribution in [2.24, 2.45) is 45.3 Å². The van der Waals surface area contributed by atoms with E-state index in [0.29, 0.717) is 29.9 Å². The molecule has 1 spiro atoms. The Balaban J connectivity index is 1.37. The largest absolute Gasteiger partial charge is 0.452 e. The van der Waals surface area contributed by atoms with Gasteiger partial charge < -0.3 is 24.1 Å². The van der Waals surface area contributed by atoms with Gasteiger partial charge in [-0.2, -0.15) is 0 Å². The topological polar surface area (TPSA) is 108 Å². The number of hydrogen-bond donors (Lipinski definition) is 1. The molecule has 41 heavy (non-hydrogen) atoms. The highest BCUT2D eigenvalue weighted by Crippen LogP contribution is 2.72. The maximum atomic E-state index is 14.9. The van der Waals surface area contributed by atoms with Gasteiger partial charge in [0, 0.05) is 11.3 Å². The summed E-state index contributed by atoms with van der Waals surface area (Å²) in [6, 6.07) is 0. The average molecular weight is 569 g/mol. The molecule has 2 saturated heterocycles. The molecule has 0 amide bonds. The summed E-state index contributed by atoms with van der Waals surface area (Å²) in [6.45, 7) is 17.7. The fourth-order valence-corrected chi connectivity index (χ4v) is 10.2. The van der Waals surface area contributed by atoms with E-state index < -0.39 is 63.3 Å². The molecular weight excluding hydrogens is 524 g/mol. The summed E-state index contributed by atoms with van der Waals surface area (Å²) in [7, 11) is 0. The quantitative estimate of drug-likeness (QED) is 0.388. The SMILES string of the molecule is CC1=CC23C(=O)[C@@H](C=C4COC(C)(C)OC4[C@]2(O)[C@H]1OC(=O)C12CCC(C)(C(=O)O1)C2(C)C)[C@H]1[C@@H](C[C@H]3C)C1(C)C. The van der Waals surface area contributed by atoms with Crippen LogP contribution in [0.2, 0.25) is 0 Å². The first-order valence-electron chi connectivity index (χ1n) is 15.2. The monoisotopic (exact) mass is 568 g/mol. The molecule has 10 atom stereocenters. The van der Waals surface area contributed by atoms with Crippen molar-refractivity contribution < 1.29 is 38.4 Å². The molecule has 8 nitrogen and oxygen atoms in total. The zero-order chi connectivity index (χ0) is 29.9. The Morgan fingerprint density at radius 3 is 2.37 bits per heavy atom.